The van der Waals surface area contributed by atoms with Crippen LogP contribution in [0.25, 0.3) is 0 Å². The highest BCUT2D eigenvalue weighted by Gasteiger charge is 2.51. The van der Waals surface area contributed by atoms with Crippen molar-refractivity contribution in [1.82, 2.24) is 9.80 Å². The van der Waals surface area contributed by atoms with E-state index in [1.165, 1.54) is 6.07 Å². The van der Waals surface area contributed by atoms with Gasteiger partial charge in [0, 0.05) is 26.2 Å². The van der Waals surface area contributed by atoms with E-state index in [1.54, 1.807) is 17.0 Å². The van der Waals surface area contributed by atoms with Crippen molar-refractivity contribution < 1.29 is 18.5 Å². The molecule has 3 rings (SSSR count). The monoisotopic (exact) mass is 348 g/mol. The van der Waals surface area contributed by atoms with E-state index in [4.69, 9.17) is 9.31 Å². The molecule has 5 nitrogen and oxygen atoms in total. The lowest BCUT2D eigenvalue weighted by Gasteiger charge is -2.32. The fourth-order valence-electron chi connectivity index (χ4n) is 3.01. The van der Waals surface area contributed by atoms with E-state index in [-0.39, 0.29) is 11.5 Å². The third kappa shape index (κ3) is 3.45. The Bertz CT molecular complexity index is 656. The van der Waals surface area contributed by atoms with Crippen LogP contribution in [-0.2, 0) is 9.31 Å². The second-order valence-electron chi connectivity index (χ2n) is 7.92. The van der Waals surface area contributed by atoms with Crippen LogP contribution in [0.1, 0.15) is 38.1 Å². The molecule has 2 heterocycles. The average molecular weight is 348 g/mol. The van der Waals surface area contributed by atoms with Crippen molar-refractivity contribution in [3.63, 3.8) is 0 Å². The molecule has 0 N–H and O–H groups in total. The molecule has 2 saturated heterocycles. The predicted molar refractivity (Wildman–Crippen MR) is 95.5 cm³/mol. The van der Waals surface area contributed by atoms with E-state index in [0.29, 0.717) is 18.6 Å². The van der Waals surface area contributed by atoms with Crippen molar-refractivity contribution >= 4 is 18.5 Å². The second-order valence-corrected chi connectivity index (χ2v) is 7.92. The first-order valence-electron chi connectivity index (χ1n) is 8.74. The number of likely N-dealkylation sites (N-methyl/N-ethyl adjacent to an activating group) is 1. The minimum absolute atomic E-state index is 0.0803. The summed E-state index contributed by atoms with van der Waals surface area (Å²) in [7, 11) is 1.41. The van der Waals surface area contributed by atoms with Gasteiger partial charge in [0.2, 0.25) is 0 Å². The smallest absolute Gasteiger partial charge is 0.399 e. The van der Waals surface area contributed by atoms with Crippen LogP contribution < -0.4 is 5.46 Å². The number of halogens is 1. The molecule has 2 fully saturated rings. The van der Waals surface area contributed by atoms with Crippen LogP contribution in [0.3, 0.4) is 0 Å². The number of hydrogen-bond acceptors (Lipinski definition) is 4. The molecule has 2 aliphatic rings. The van der Waals surface area contributed by atoms with Crippen LogP contribution in [0.5, 0.6) is 0 Å². The number of amides is 1. The lowest BCUT2D eigenvalue weighted by atomic mass is 9.78. The van der Waals surface area contributed by atoms with Gasteiger partial charge in [0.25, 0.3) is 5.91 Å². The Morgan fingerprint density at radius 3 is 2.20 bits per heavy atom. The average Bonchev–Trinajstić information content (AvgIpc) is 2.76. The van der Waals surface area contributed by atoms with Gasteiger partial charge in [-0.1, -0.05) is 6.07 Å². The molecule has 0 radical (unpaired) electrons. The first kappa shape index (κ1) is 18.4. The number of hydrogen-bond donors (Lipinski definition) is 0. The van der Waals surface area contributed by atoms with Crippen molar-refractivity contribution in [3.8, 4) is 0 Å². The Labute approximate surface area is 149 Å². The number of carbonyl (C=O) groups is 1. The molecule has 1 aromatic rings. The topological polar surface area (TPSA) is 42.0 Å². The minimum atomic E-state index is -0.607. The maximum Gasteiger partial charge on any atom is 0.494 e. The summed E-state index contributed by atoms with van der Waals surface area (Å²) in [5, 5.41) is 0. The van der Waals surface area contributed by atoms with Gasteiger partial charge in [0.1, 0.15) is 5.82 Å². The Balaban J connectivity index is 1.83. The quantitative estimate of drug-likeness (QED) is 0.760. The zero-order chi connectivity index (χ0) is 18.4. The van der Waals surface area contributed by atoms with Gasteiger partial charge in [-0.2, -0.15) is 0 Å². The fourth-order valence-corrected chi connectivity index (χ4v) is 3.01. The van der Waals surface area contributed by atoms with Gasteiger partial charge in [-0.25, -0.2) is 4.39 Å². The summed E-state index contributed by atoms with van der Waals surface area (Å²) in [6.45, 7) is 10.7. The highest BCUT2D eigenvalue weighted by molar-refractivity contribution is 6.62. The third-order valence-corrected chi connectivity index (χ3v) is 5.54. The molecule has 2 aliphatic heterocycles. The summed E-state index contributed by atoms with van der Waals surface area (Å²) in [5.74, 6) is -0.784. The van der Waals surface area contributed by atoms with Gasteiger partial charge in [-0.05, 0) is 52.3 Å². The van der Waals surface area contributed by atoms with Gasteiger partial charge in [-0.15, -0.1) is 0 Å². The maximum atomic E-state index is 14.3. The lowest BCUT2D eigenvalue weighted by molar-refractivity contribution is 0.00578. The second kappa shape index (κ2) is 6.38. The summed E-state index contributed by atoms with van der Waals surface area (Å²) >= 11 is 0. The van der Waals surface area contributed by atoms with Crippen molar-refractivity contribution in [3.05, 3.63) is 29.6 Å². The molecule has 0 atom stereocenters. The van der Waals surface area contributed by atoms with Gasteiger partial charge in [-0.3, -0.25) is 4.79 Å². The van der Waals surface area contributed by atoms with Crippen molar-refractivity contribution in [2.45, 2.75) is 38.9 Å². The zero-order valence-corrected chi connectivity index (χ0v) is 15.6. The Kier molecular flexibility index (Phi) is 4.68. The Morgan fingerprint density at radius 1 is 1.08 bits per heavy atom. The van der Waals surface area contributed by atoms with E-state index in [1.807, 2.05) is 34.7 Å². The third-order valence-electron chi connectivity index (χ3n) is 5.54. The number of nitrogens with zero attached hydrogens (tertiary/aromatic N) is 2. The van der Waals surface area contributed by atoms with Gasteiger partial charge >= 0.3 is 7.12 Å². The van der Waals surface area contributed by atoms with Crippen molar-refractivity contribution in [1.29, 1.82) is 0 Å². The zero-order valence-electron chi connectivity index (χ0n) is 15.6. The fraction of sp³-hybridized carbons (Fsp3) is 0.611. The molecular weight excluding hydrogens is 322 g/mol. The van der Waals surface area contributed by atoms with Gasteiger partial charge < -0.3 is 19.1 Å². The molecule has 25 heavy (non-hydrogen) atoms. The van der Waals surface area contributed by atoms with E-state index < -0.39 is 24.1 Å². The molecule has 1 amide bonds. The standard InChI is InChI=1S/C18H26BFN2O3/c1-17(2)18(3,4)25-19(24-17)13-6-7-15(20)14(12-13)16(23)22-10-8-21(5)9-11-22/h6-7,12H,8-11H2,1-5H3. The van der Waals surface area contributed by atoms with Crippen LogP contribution in [-0.4, -0.2) is 67.3 Å². The van der Waals surface area contributed by atoms with Crippen molar-refractivity contribution in [2.75, 3.05) is 33.2 Å². The molecule has 0 spiro atoms. The lowest BCUT2D eigenvalue weighted by Crippen LogP contribution is -2.47. The molecule has 1 aromatic carbocycles. The molecule has 7 heteroatoms. The van der Waals surface area contributed by atoms with Crippen LogP contribution in [0.4, 0.5) is 4.39 Å². The molecular formula is C18H26BFN2O3. The summed E-state index contributed by atoms with van der Waals surface area (Å²) in [4.78, 5) is 16.6. The first-order chi connectivity index (χ1) is 11.6. The largest absolute Gasteiger partial charge is 0.494 e. The minimum Gasteiger partial charge on any atom is -0.399 e. The molecule has 0 bridgehead atoms. The Morgan fingerprint density at radius 2 is 1.64 bits per heavy atom. The molecule has 0 saturated carbocycles. The summed E-state index contributed by atoms with van der Waals surface area (Å²) in [5.41, 5.74) is -0.212. The SMILES string of the molecule is CN1CCN(C(=O)c2cc(B3OC(C)(C)C(C)(C)O3)ccc2F)CC1. The van der Waals surface area contributed by atoms with Crippen molar-refractivity contribution in [2.24, 2.45) is 0 Å². The summed E-state index contributed by atoms with van der Waals surface area (Å²) in [6, 6.07) is 4.51. The number of rotatable bonds is 2. The van der Waals surface area contributed by atoms with Gasteiger partial charge in [0.05, 0.1) is 16.8 Å². The number of piperazine rings is 1. The van der Waals surface area contributed by atoms with Crippen LogP contribution in [0, 0.1) is 5.82 Å². The highest BCUT2D eigenvalue weighted by Crippen LogP contribution is 2.36. The first-order valence-corrected chi connectivity index (χ1v) is 8.74. The summed E-state index contributed by atoms with van der Waals surface area (Å²) < 4.78 is 26.3. The van der Waals surface area contributed by atoms with Gasteiger partial charge in [0.15, 0.2) is 0 Å². The molecule has 0 unspecified atom stereocenters. The molecule has 0 aromatic heterocycles. The number of benzene rings is 1. The highest BCUT2D eigenvalue weighted by atomic mass is 19.1. The van der Waals surface area contributed by atoms with E-state index in [9.17, 15) is 9.18 Å². The predicted octanol–water partition coefficient (Wildman–Crippen LogP) is 1.51. The maximum absolute atomic E-state index is 14.3. The van der Waals surface area contributed by atoms with E-state index in [0.717, 1.165) is 13.1 Å². The summed E-state index contributed by atoms with van der Waals surface area (Å²) in [6.07, 6.45) is 0. The molecule has 136 valence electrons. The molecule has 0 aliphatic carbocycles. The normalized spacial score (nSPS) is 23.1. The van der Waals surface area contributed by atoms with Crippen LogP contribution in [0.2, 0.25) is 0 Å². The van der Waals surface area contributed by atoms with E-state index >= 15 is 0 Å². The van der Waals surface area contributed by atoms with Crippen LogP contribution >= 0.6 is 0 Å². The van der Waals surface area contributed by atoms with Crippen LogP contribution in [0.15, 0.2) is 18.2 Å². The van der Waals surface area contributed by atoms with E-state index in [2.05, 4.69) is 4.90 Å². The number of carbonyl (C=O) groups excluding carboxylic acids is 1. The Hall–Kier alpha value is -1.44.